The van der Waals surface area contributed by atoms with Gasteiger partial charge in [0.25, 0.3) is 0 Å². The molecule has 0 atom stereocenters. The minimum Gasteiger partial charge on any atom is -0.252 e. The third kappa shape index (κ3) is 3.28. The molecule has 2 aromatic carbocycles. The van der Waals surface area contributed by atoms with Gasteiger partial charge in [-0.15, -0.1) is 11.3 Å². The Kier molecular flexibility index (Phi) is 4.45. The van der Waals surface area contributed by atoms with Crippen molar-refractivity contribution in [3.05, 3.63) is 69.5 Å². The van der Waals surface area contributed by atoms with E-state index in [1.807, 2.05) is 12.1 Å². The number of anilines is 1. The molecule has 5 heteroatoms. The summed E-state index contributed by atoms with van der Waals surface area (Å²) in [7, 11) is 0. The average Bonchev–Trinajstić information content (AvgIpc) is 3.09. The Bertz CT molecular complexity index is 884. The van der Waals surface area contributed by atoms with Crippen LogP contribution in [0.3, 0.4) is 0 Å². The lowest BCUT2D eigenvalue weighted by Gasteiger charge is -2.17. The summed E-state index contributed by atoms with van der Waals surface area (Å²) in [5.74, 6) is 0. The largest absolute Gasteiger partial charge is 0.252 e. The smallest absolute Gasteiger partial charge is 0.203 e. The van der Waals surface area contributed by atoms with Gasteiger partial charge in [0.15, 0.2) is 0 Å². The monoisotopic (exact) mass is 397 g/mol. The molecule has 120 valence electrons. The molecule has 3 nitrogen and oxygen atoms in total. The Labute approximate surface area is 153 Å². The summed E-state index contributed by atoms with van der Waals surface area (Å²) in [5, 5.41) is 7.50. The van der Waals surface area contributed by atoms with Crippen molar-refractivity contribution in [2.24, 2.45) is 5.10 Å². The molecule has 1 aliphatic carbocycles. The van der Waals surface area contributed by atoms with Gasteiger partial charge in [0.2, 0.25) is 5.13 Å². The summed E-state index contributed by atoms with van der Waals surface area (Å²) in [4.78, 5) is 4.64. The number of halogens is 1. The van der Waals surface area contributed by atoms with Crippen molar-refractivity contribution in [3.63, 3.8) is 0 Å². The molecule has 0 amide bonds. The molecule has 4 rings (SSSR count). The van der Waals surface area contributed by atoms with Crippen molar-refractivity contribution < 1.29 is 0 Å². The molecule has 1 aliphatic rings. The quantitative estimate of drug-likeness (QED) is 0.573. The van der Waals surface area contributed by atoms with E-state index >= 15 is 0 Å². The van der Waals surface area contributed by atoms with Crippen molar-refractivity contribution in [2.45, 2.75) is 19.3 Å². The van der Waals surface area contributed by atoms with Gasteiger partial charge in [0.1, 0.15) is 0 Å². The molecule has 0 aliphatic heterocycles. The number of rotatable bonds is 3. The maximum Gasteiger partial charge on any atom is 0.203 e. The van der Waals surface area contributed by atoms with E-state index in [1.165, 1.54) is 11.1 Å². The SMILES string of the molecule is Brc1ccc(-c2csc(N/N=C3\CCCc4ccccc43)n2)cc1. The highest BCUT2D eigenvalue weighted by molar-refractivity contribution is 9.10. The third-order valence-electron chi connectivity index (χ3n) is 4.12. The molecule has 3 aromatic rings. The summed E-state index contributed by atoms with van der Waals surface area (Å²) in [6.45, 7) is 0. The van der Waals surface area contributed by atoms with Crippen molar-refractivity contribution in [1.82, 2.24) is 4.98 Å². The summed E-state index contributed by atoms with van der Waals surface area (Å²) in [5.41, 5.74) is 9.00. The zero-order valence-electron chi connectivity index (χ0n) is 13.0. The maximum absolute atomic E-state index is 4.64. The van der Waals surface area contributed by atoms with E-state index in [1.54, 1.807) is 11.3 Å². The number of nitrogens with one attached hydrogen (secondary N) is 1. The lowest BCUT2D eigenvalue weighted by molar-refractivity contribution is 0.837. The first-order valence-electron chi connectivity index (χ1n) is 7.92. The number of thiazole rings is 1. The first kappa shape index (κ1) is 15.5. The first-order valence-corrected chi connectivity index (χ1v) is 9.59. The van der Waals surface area contributed by atoms with Crippen molar-refractivity contribution in [3.8, 4) is 11.3 Å². The van der Waals surface area contributed by atoms with Crippen LogP contribution in [-0.2, 0) is 6.42 Å². The second-order valence-corrected chi connectivity index (χ2v) is 7.50. The number of hydrogen-bond donors (Lipinski definition) is 1. The lowest BCUT2D eigenvalue weighted by atomic mass is 9.90. The fourth-order valence-corrected chi connectivity index (χ4v) is 3.84. The van der Waals surface area contributed by atoms with Crippen molar-refractivity contribution in [2.75, 3.05) is 5.43 Å². The summed E-state index contributed by atoms with van der Waals surface area (Å²) >= 11 is 5.03. The summed E-state index contributed by atoms with van der Waals surface area (Å²) < 4.78 is 1.07. The Morgan fingerprint density at radius 2 is 1.88 bits per heavy atom. The highest BCUT2D eigenvalue weighted by Crippen LogP contribution is 2.27. The molecular formula is C19H16BrN3S. The Morgan fingerprint density at radius 3 is 2.75 bits per heavy atom. The van der Waals surface area contributed by atoms with Gasteiger partial charge in [-0.25, -0.2) is 4.98 Å². The fraction of sp³-hybridized carbons (Fsp3) is 0.158. The van der Waals surface area contributed by atoms with E-state index in [2.05, 4.69) is 73.2 Å². The molecule has 0 spiro atoms. The number of benzene rings is 2. The summed E-state index contributed by atoms with van der Waals surface area (Å²) in [6.07, 6.45) is 3.30. The van der Waals surface area contributed by atoms with Crippen molar-refractivity contribution in [1.29, 1.82) is 0 Å². The van der Waals surface area contributed by atoms with Crippen LogP contribution in [0.4, 0.5) is 5.13 Å². The van der Waals surface area contributed by atoms with E-state index in [4.69, 9.17) is 0 Å². The van der Waals surface area contributed by atoms with Crippen LogP contribution < -0.4 is 5.43 Å². The minimum absolute atomic E-state index is 0.823. The topological polar surface area (TPSA) is 37.3 Å². The highest BCUT2D eigenvalue weighted by atomic mass is 79.9. The average molecular weight is 398 g/mol. The number of aromatic nitrogens is 1. The molecule has 24 heavy (non-hydrogen) atoms. The van der Waals surface area contributed by atoms with Gasteiger partial charge in [-0.1, -0.05) is 52.3 Å². The molecule has 1 N–H and O–H groups in total. The van der Waals surface area contributed by atoms with Gasteiger partial charge < -0.3 is 0 Å². The first-order chi connectivity index (χ1) is 11.8. The molecule has 0 fully saturated rings. The number of nitrogens with zero attached hydrogens (tertiary/aromatic N) is 2. The van der Waals surface area contributed by atoms with E-state index in [0.717, 1.165) is 45.8 Å². The van der Waals surface area contributed by atoms with Crippen LogP contribution in [0.15, 0.2) is 63.5 Å². The molecule has 0 bridgehead atoms. The lowest BCUT2D eigenvalue weighted by Crippen LogP contribution is -2.13. The number of hydrazone groups is 1. The van der Waals surface area contributed by atoms with E-state index in [-0.39, 0.29) is 0 Å². The van der Waals surface area contributed by atoms with Crippen LogP contribution in [-0.4, -0.2) is 10.7 Å². The molecule has 0 saturated carbocycles. The highest BCUT2D eigenvalue weighted by Gasteiger charge is 2.14. The normalized spacial score (nSPS) is 15.3. The summed E-state index contributed by atoms with van der Waals surface area (Å²) in [6, 6.07) is 16.7. The number of fused-ring (bicyclic) bond motifs is 1. The zero-order chi connectivity index (χ0) is 16.4. The van der Waals surface area contributed by atoms with Crippen LogP contribution in [0.5, 0.6) is 0 Å². The van der Waals surface area contributed by atoms with Gasteiger partial charge in [-0.2, -0.15) is 5.10 Å². The Balaban J connectivity index is 1.54. The standard InChI is InChI=1S/C19H16BrN3S/c20-15-10-8-14(9-11-15)18-12-24-19(21-18)23-22-17-7-3-5-13-4-1-2-6-16(13)17/h1-2,4,6,8-12H,3,5,7H2,(H,21,23)/b22-17+. The van der Waals surface area contributed by atoms with Gasteiger partial charge in [-0.05, 0) is 37.0 Å². The Morgan fingerprint density at radius 1 is 1.04 bits per heavy atom. The van der Waals surface area contributed by atoms with Crippen LogP contribution in [0.1, 0.15) is 24.0 Å². The molecular weight excluding hydrogens is 382 g/mol. The molecule has 0 saturated heterocycles. The minimum atomic E-state index is 0.823. The molecule has 0 radical (unpaired) electrons. The fourth-order valence-electron chi connectivity index (χ4n) is 2.91. The van der Waals surface area contributed by atoms with Gasteiger partial charge in [0.05, 0.1) is 11.4 Å². The van der Waals surface area contributed by atoms with Crippen LogP contribution in [0, 0.1) is 0 Å². The van der Waals surface area contributed by atoms with Crippen LogP contribution in [0.25, 0.3) is 11.3 Å². The maximum atomic E-state index is 4.64. The van der Waals surface area contributed by atoms with Gasteiger partial charge in [-0.3, -0.25) is 5.43 Å². The number of hydrogen-bond acceptors (Lipinski definition) is 4. The van der Waals surface area contributed by atoms with Gasteiger partial charge in [0, 0.05) is 21.0 Å². The zero-order valence-corrected chi connectivity index (χ0v) is 15.4. The van der Waals surface area contributed by atoms with Gasteiger partial charge >= 0.3 is 0 Å². The second kappa shape index (κ2) is 6.87. The van der Waals surface area contributed by atoms with E-state index in [0.29, 0.717) is 0 Å². The second-order valence-electron chi connectivity index (χ2n) is 5.73. The Hall–Kier alpha value is -1.98. The van der Waals surface area contributed by atoms with Crippen molar-refractivity contribution >= 4 is 38.1 Å². The molecule has 1 heterocycles. The van der Waals surface area contributed by atoms with E-state index in [9.17, 15) is 0 Å². The van der Waals surface area contributed by atoms with E-state index < -0.39 is 0 Å². The third-order valence-corrected chi connectivity index (χ3v) is 5.39. The predicted octanol–water partition coefficient (Wildman–Crippen LogP) is 5.73. The number of aryl methyl sites for hydroxylation is 1. The molecule has 0 unspecified atom stereocenters. The predicted molar refractivity (Wildman–Crippen MR) is 105 cm³/mol. The van der Waals surface area contributed by atoms with Crippen LogP contribution >= 0.6 is 27.3 Å². The molecule has 1 aromatic heterocycles. The van der Waals surface area contributed by atoms with Crippen LogP contribution in [0.2, 0.25) is 0 Å².